The van der Waals surface area contributed by atoms with Crippen LogP contribution in [0.15, 0.2) is 24.4 Å². The number of thiazole rings is 1. The normalized spacial score (nSPS) is 13.5. The van der Waals surface area contributed by atoms with Crippen LogP contribution in [0, 0.1) is 5.82 Å². The fraction of sp³-hybridized carbons (Fsp3) is 0.182. The van der Waals surface area contributed by atoms with Crippen LogP contribution in [-0.4, -0.2) is 4.98 Å². The minimum Gasteiger partial charge on any atom is -0.271 e. The van der Waals surface area contributed by atoms with E-state index < -0.39 is 23.0 Å². The molecule has 1 unspecified atom stereocenters. The molecule has 0 aliphatic rings. The maximum atomic E-state index is 13.4. The lowest BCUT2D eigenvalue weighted by Crippen LogP contribution is -2.28. The zero-order valence-electron chi connectivity index (χ0n) is 9.71. The molecule has 0 aliphatic heterocycles. The highest BCUT2D eigenvalue weighted by Gasteiger charge is 2.35. The number of aromatic nitrogens is 1. The van der Waals surface area contributed by atoms with Gasteiger partial charge in [0.25, 0.3) is 0 Å². The summed E-state index contributed by atoms with van der Waals surface area (Å²) in [5.74, 6) is 4.66. The van der Waals surface area contributed by atoms with Gasteiger partial charge in [-0.2, -0.15) is 13.2 Å². The molecule has 0 aliphatic carbocycles. The Bertz CT molecular complexity index is 614. The fourth-order valence-corrected chi connectivity index (χ4v) is 2.57. The van der Waals surface area contributed by atoms with E-state index in [1.165, 1.54) is 12.1 Å². The van der Waals surface area contributed by atoms with E-state index in [-0.39, 0.29) is 9.90 Å². The highest BCUT2D eigenvalue weighted by Crippen LogP contribution is 2.36. The molecule has 1 aromatic carbocycles. The third kappa shape index (κ3) is 3.09. The molecule has 0 saturated heterocycles. The third-order valence-electron chi connectivity index (χ3n) is 2.49. The molecular formula is C11H8ClF4N3S. The van der Waals surface area contributed by atoms with E-state index in [2.05, 4.69) is 10.4 Å². The van der Waals surface area contributed by atoms with Gasteiger partial charge in [0.2, 0.25) is 0 Å². The summed E-state index contributed by atoms with van der Waals surface area (Å²) in [5.41, 5.74) is 2.69. The Morgan fingerprint density at radius 3 is 2.55 bits per heavy atom. The molecule has 9 heteroatoms. The summed E-state index contributed by atoms with van der Waals surface area (Å²) in [6.45, 7) is 0. The Kier molecular flexibility index (Phi) is 4.28. The van der Waals surface area contributed by atoms with Crippen LogP contribution in [0.2, 0.25) is 5.02 Å². The van der Waals surface area contributed by atoms with Crippen molar-refractivity contribution in [2.24, 2.45) is 5.84 Å². The lowest BCUT2D eigenvalue weighted by molar-refractivity contribution is -0.137. The van der Waals surface area contributed by atoms with E-state index in [4.69, 9.17) is 17.4 Å². The van der Waals surface area contributed by atoms with E-state index in [0.717, 1.165) is 12.3 Å². The van der Waals surface area contributed by atoms with E-state index in [0.29, 0.717) is 16.9 Å². The molecule has 1 aromatic heterocycles. The van der Waals surface area contributed by atoms with Crippen LogP contribution in [0.1, 0.15) is 21.5 Å². The molecule has 0 radical (unpaired) electrons. The molecule has 2 rings (SSSR count). The number of nitrogens with zero attached hydrogens (tertiary/aromatic N) is 1. The van der Waals surface area contributed by atoms with E-state index in [1.54, 1.807) is 0 Å². The largest absolute Gasteiger partial charge is 0.443 e. The smallest absolute Gasteiger partial charge is 0.271 e. The second-order valence-electron chi connectivity index (χ2n) is 3.84. The number of nitrogens with two attached hydrogens (primary N) is 1. The van der Waals surface area contributed by atoms with Crippen molar-refractivity contribution in [1.29, 1.82) is 0 Å². The van der Waals surface area contributed by atoms with Crippen LogP contribution < -0.4 is 11.3 Å². The number of alkyl halides is 3. The lowest BCUT2D eigenvalue weighted by Gasteiger charge is -2.14. The molecule has 0 spiro atoms. The first-order valence-corrected chi connectivity index (χ1v) is 6.46. The predicted molar refractivity (Wildman–Crippen MR) is 67.7 cm³/mol. The van der Waals surface area contributed by atoms with Gasteiger partial charge in [-0.05, 0) is 17.7 Å². The molecular weight excluding hydrogens is 318 g/mol. The Morgan fingerprint density at radius 2 is 2.05 bits per heavy atom. The number of hydrazine groups is 1. The number of benzene rings is 1. The lowest BCUT2D eigenvalue weighted by atomic mass is 10.1. The highest BCUT2D eigenvalue weighted by molar-refractivity contribution is 7.11. The van der Waals surface area contributed by atoms with Crippen LogP contribution in [0.4, 0.5) is 17.6 Å². The molecule has 3 N–H and O–H groups in total. The quantitative estimate of drug-likeness (QED) is 0.516. The van der Waals surface area contributed by atoms with Gasteiger partial charge in [0.15, 0.2) is 5.01 Å². The van der Waals surface area contributed by atoms with Crippen molar-refractivity contribution in [2.75, 3.05) is 0 Å². The van der Waals surface area contributed by atoms with Gasteiger partial charge in [-0.3, -0.25) is 5.84 Å². The summed E-state index contributed by atoms with van der Waals surface area (Å²) < 4.78 is 50.9. The van der Waals surface area contributed by atoms with Gasteiger partial charge in [0, 0.05) is 11.1 Å². The monoisotopic (exact) mass is 325 g/mol. The second kappa shape index (κ2) is 5.65. The number of rotatable bonds is 3. The van der Waals surface area contributed by atoms with Crippen molar-refractivity contribution in [1.82, 2.24) is 10.4 Å². The highest BCUT2D eigenvalue weighted by atomic mass is 35.5. The van der Waals surface area contributed by atoms with Gasteiger partial charge >= 0.3 is 6.18 Å². The third-order valence-corrected chi connectivity index (χ3v) is 3.91. The molecule has 108 valence electrons. The molecule has 2 aromatic rings. The maximum Gasteiger partial charge on any atom is 0.443 e. The maximum absolute atomic E-state index is 13.4. The average molecular weight is 326 g/mol. The van der Waals surface area contributed by atoms with Gasteiger partial charge in [-0.25, -0.2) is 14.8 Å². The minimum atomic E-state index is -4.52. The summed E-state index contributed by atoms with van der Waals surface area (Å²) in [5, 5.41) is -1.06. The summed E-state index contributed by atoms with van der Waals surface area (Å²) >= 11 is 6.00. The zero-order chi connectivity index (χ0) is 14.9. The Morgan fingerprint density at radius 1 is 1.35 bits per heavy atom. The molecule has 1 atom stereocenters. The topological polar surface area (TPSA) is 50.9 Å². The average Bonchev–Trinajstić information content (AvgIpc) is 2.84. The number of hydrogen-bond acceptors (Lipinski definition) is 4. The summed E-state index contributed by atoms with van der Waals surface area (Å²) in [6.07, 6.45) is -3.46. The molecule has 20 heavy (non-hydrogen) atoms. The van der Waals surface area contributed by atoms with Crippen molar-refractivity contribution in [3.05, 3.63) is 50.7 Å². The first kappa shape index (κ1) is 15.2. The van der Waals surface area contributed by atoms with Crippen LogP contribution in [0.25, 0.3) is 0 Å². The number of halogens is 5. The molecule has 0 amide bonds. The minimum absolute atomic E-state index is 0.0789. The second-order valence-corrected chi connectivity index (χ2v) is 5.31. The van der Waals surface area contributed by atoms with Crippen molar-refractivity contribution < 1.29 is 17.6 Å². The SMILES string of the molecule is NNC(c1ccc(Cl)c(F)c1)c1cnc(C(F)(F)F)s1. The summed E-state index contributed by atoms with van der Waals surface area (Å²) in [7, 11) is 0. The Labute approximate surface area is 120 Å². The van der Waals surface area contributed by atoms with Crippen molar-refractivity contribution in [3.63, 3.8) is 0 Å². The van der Waals surface area contributed by atoms with Crippen LogP contribution in [0.3, 0.4) is 0 Å². The molecule has 3 nitrogen and oxygen atoms in total. The van der Waals surface area contributed by atoms with Gasteiger partial charge < -0.3 is 0 Å². The standard InChI is InChI=1S/C11H8ClF4N3S/c12-6-2-1-5(3-7(6)13)9(19-17)8-4-18-10(20-8)11(14,15)16/h1-4,9,19H,17H2. The van der Waals surface area contributed by atoms with Crippen LogP contribution >= 0.6 is 22.9 Å². The summed E-state index contributed by atoms with van der Waals surface area (Å²) in [4.78, 5) is 3.52. The van der Waals surface area contributed by atoms with Gasteiger partial charge in [0.05, 0.1) is 11.1 Å². The van der Waals surface area contributed by atoms with E-state index >= 15 is 0 Å². The fourth-order valence-electron chi connectivity index (χ4n) is 1.59. The Balaban J connectivity index is 2.37. The van der Waals surface area contributed by atoms with Gasteiger partial charge in [-0.15, -0.1) is 11.3 Å². The van der Waals surface area contributed by atoms with E-state index in [1.807, 2.05) is 0 Å². The number of hydrogen-bond donors (Lipinski definition) is 2. The van der Waals surface area contributed by atoms with Gasteiger partial charge in [-0.1, -0.05) is 17.7 Å². The first-order chi connectivity index (χ1) is 9.32. The Hall–Kier alpha value is -1.22. The van der Waals surface area contributed by atoms with Crippen molar-refractivity contribution in [2.45, 2.75) is 12.2 Å². The molecule has 0 saturated carbocycles. The molecule has 0 fully saturated rings. The molecule has 1 heterocycles. The van der Waals surface area contributed by atoms with Crippen molar-refractivity contribution in [3.8, 4) is 0 Å². The van der Waals surface area contributed by atoms with Crippen LogP contribution in [-0.2, 0) is 6.18 Å². The predicted octanol–water partition coefficient (Wildman–Crippen LogP) is 3.51. The number of nitrogens with one attached hydrogen (secondary N) is 1. The van der Waals surface area contributed by atoms with E-state index in [9.17, 15) is 17.6 Å². The first-order valence-electron chi connectivity index (χ1n) is 5.27. The summed E-state index contributed by atoms with van der Waals surface area (Å²) in [6, 6.07) is 3.10. The van der Waals surface area contributed by atoms with Gasteiger partial charge in [0.1, 0.15) is 5.82 Å². The van der Waals surface area contributed by atoms with Crippen LogP contribution in [0.5, 0.6) is 0 Å². The molecule has 0 bridgehead atoms. The zero-order valence-corrected chi connectivity index (χ0v) is 11.3. The van der Waals surface area contributed by atoms with Crippen molar-refractivity contribution >= 4 is 22.9 Å².